The molecule has 1 saturated heterocycles. The van der Waals surface area contributed by atoms with E-state index in [1.807, 2.05) is 49.6 Å². The van der Waals surface area contributed by atoms with Gasteiger partial charge in [0.15, 0.2) is 0 Å². The number of piperidine rings is 1. The van der Waals surface area contributed by atoms with Gasteiger partial charge in [-0.15, -0.1) is 0 Å². The molecule has 0 radical (unpaired) electrons. The van der Waals surface area contributed by atoms with Gasteiger partial charge in [-0.3, -0.25) is 0 Å². The Morgan fingerprint density at radius 3 is 2.55 bits per heavy atom. The molecule has 31 heavy (non-hydrogen) atoms. The van der Waals surface area contributed by atoms with Crippen molar-refractivity contribution >= 4 is 11.8 Å². The van der Waals surface area contributed by atoms with Gasteiger partial charge in [-0.05, 0) is 53.6 Å². The molecule has 2 aromatic carbocycles. The number of pyridine rings is 1. The van der Waals surface area contributed by atoms with Crippen LogP contribution in [0.3, 0.4) is 0 Å². The van der Waals surface area contributed by atoms with Crippen molar-refractivity contribution in [3.63, 3.8) is 0 Å². The van der Waals surface area contributed by atoms with Gasteiger partial charge in [0.05, 0.1) is 0 Å². The Morgan fingerprint density at radius 2 is 1.74 bits per heavy atom. The maximum atomic E-state index is 12.7. The van der Waals surface area contributed by atoms with Crippen molar-refractivity contribution in [1.82, 2.24) is 15.2 Å². The second-order valence-electron chi connectivity index (χ2n) is 8.11. The second kappa shape index (κ2) is 10.1. The fourth-order valence-electron chi connectivity index (χ4n) is 4.06. The summed E-state index contributed by atoms with van der Waals surface area (Å²) >= 11 is 0. The van der Waals surface area contributed by atoms with Gasteiger partial charge in [0.25, 0.3) is 0 Å². The molecule has 3 aromatic rings. The topological polar surface area (TPSA) is 48.5 Å². The first-order valence-corrected chi connectivity index (χ1v) is 11.0. The summed E-state index contributed by atoms with van der Waals surface area (Å²) in [5.41, 5.74) is 4.52. The average Bonchev–Trinajstić information content (AvgIpc) is 2.84. The van der Waals surface area contributed by atoms with Crippen molar-refractivity contribution < 1.29 is 4.79 Å². The van der Waals surface area contributed by atoms with E-state index < -0.39 is 0 Å². The number of nitrogens with one attached hydrogen (secondary N) is 1. The average molecular weight is 415 g/mol. The van der Waals surface area contributed by atoms with Gasteiger partial charge in [0.1, 0.15) is 5.82 Å². The van der Waals surface area contributed by atoms with Crippen LogP contribution in [-0.4, -0.2) is 36.1 Å². The highest BCUT2D eigenvalue weighted by atomic mass is 16.2. The number of aromatic nitrogens is 1. The number of benzene rings is 2. The standard InChI is InChI=1S/C26H30N4O/c1-29(20-23-12-6-7-13-24(23)22-10-4-2-5-11-22)26(31)28-19-21-14-15-27-25(18-21)30-16-8-3-9-17-30/h2,4-7,10-15,18H,3,8-9,16-17,19-20H2,1H3,(H,28,31). The van der Waals surface area contributed by atoms with Crippen molar-refractivity contribution in [3.05, 3.63) is 84.1 Å². The van der Waals surface area contributed by atoms with Crippen molar-refractivity contribution in [1.29, 1.82) is 0 Å². The zero-order chi connectivity index (χ0) is 21.5. The van der Waals surface area contributed by atoms with Crippen LogP contribution >= 0.6 is 0 Å². The highest BCUT2D eigenvalue weighted by Crippen LogP contribution is 2.24. The summed E-state index contributed by atoms with van der Waals surface area (Å²) in [6.07, 6.45) is 5.58. The zero-order valence-electron chi connectivity index (χ0n) is 18.1. The predicted molar refractivity (Wildman–Crippen MR) is 126 cm³/mol. The Bertz CT molecular complexity index is 999. The molecule has 1 aliphatic heterocycles. The lowest BCUT2D eigenvalue weighted by Gasteiger charge is -2.28. The predicted octanol–water partition coefficient (Wildman–Crippen LogP) is 5.08. The molecule has 1 fully saturated rings. The van der Waals surface area contributed by atoms with Crippen LogP contribution in [-0.2, 0) is 13.1 Å². The first-order chi connectivity index (χ1) is 15.2. The van der Waals surface area contributed by atoms with Gasteiger partial charge >= 0.3 is 6.03 Å². The SMILES string of the molecule is CN(Cc1ccccc1-c1ccccc1)C(=O)NCc1ccnc(N2CCCCC2)c1. The van der Waals surface area contributed by atoms with Crippen LogP contribution in [0.15, 0.2) is 72.9 Å². The Balaban J connectivity index is 1.37. The Kier molecular flexibility index (Phi) is 6.82. The molecule has 5 nitrogen and oxygen atoms in total. The minimum Gasteiger partial charge on any atom is -0.357 e. The van der Waals surface area contributed by atoms with Crippen LogP contribution in [0.25, 0.3) is 11.1 Å². The van der Waals surface area contributed by atoms with Crippen molar-refractivity contribution in [3.8, 4) is 11.1 Å². The molecule has 1 aliphatic rings. The minimum absolute atomic E-state index is 0.0841. The van der Waals surface area contributed by atoms with Crippen LogP contribution in [0.4, 0.5) is 10.6 Å². The molecule has 0 atom stereocenters. The van der Waals surface area contributed by atoms with E-state index in [-0.39, 0.29) is 6.03 Å². The van der Waals surface area contributed by atoms with Crippen molar-refractivity contribution in [2.24, 2.45) is 0 Å². The fraction of sp³-hybridized carbons (Fsp3) is 0.308. The van der Waals surface area contributed by atoms with Crippen LogP contribution in [0.5, 0.6) is 0 Å². The molecule has 2 amide bonds. The summed E-state index contributed by atoms with van der Waals surface area (Å²) in [4.78, 5) is 21.3. The monoisotopic (exact) mass is 414 g/mol. The Hall–Kier alpha value is -3.34. The lowest BCUT2D eigenvalue weighted by atomic mass is 9.99. The molecule has 2 heterocycles. The van der Waals surface area contributed by atoms with Gasteiger partial charge in [0.2, 0.25) is 0 Å². The second-order valence-corrected chi connectivity index (χ2v) is 8.11. The summed E-state index contributed by atoms with van der Waals surface area (Å²) in [6.45, 7) is 3.16. The molecule has 0 spiro atoms. The smallest absolute Gasteiger partial charge is 0.317 e. The first kappa shape index (κ1) is 20.9. The maximum absolute atomic E-state index is 12.7. The molecule has 160 valence electrons. The minimum atomic E-state index is -0.0841. The third kappa shape index (κ3) is 5.43. The largest absolute Gasteiger partial charge is 0.357 e. The van der Waals surface area contributed by atoms with E-state index in [4.69, 9.17) is 0 Å². The van der Waals surface area contributed by atoms with E-state index in [0.29, 0.717) is 13.1 Å². The van der Waals surface area contributed by atoms with Gasteiger partial charge in [0, 0.05) is 39.4 Å². The molecule has 0 bridgehead atoms. The van der Waals surface area contributed by atoms with Crippen LogP contribution < -0.4 is 10.2 Å². The molecular formula is C26H30N4O. The van der Waals surface area contributed by atoms with Crippen LogP contribution in [0, 0.1) is 0 Å². The van der Waals surface area contributed by atoms with Gasteiger partial charge in [-0.25, -0.2) is 9.78 Å². The number of carbonyl (C=O) groups excluding carboxylic acids is 1. The van der Waals surface area contributed by atoms with Gasteiger partial charge in [-0.2, -0.15) is 0 Å². The highest BCUT2D eigenvalue weighted by molar-refractivity contribution is 5.75. The number of amides is 2. The van der Waals surface area contributed by atoms with E-state index in [9.17, 15) is 4.79 Å². The van der Waals surface area contributed by atoms with Crippen molar-refractivity contribution in [2.75, 3.05) is 25.0 Å². The van der Waals surface area contributed by atoms with E-state index in [0.717, 1.165) is 41.2 Å². The van der Waals surface area contributed by atoms with E-state index in [1.54, 1.807) is 4.90 Å². The first-order valence-electron chi connectivity index (χ1n) is 11.0. The summed E-state index contributed by atoms with van der Waals surface area (Å²) in [6, 6.07) is 22.5. The highest BCUT2D eigenvalue weighted by Gasteiger charge is 2.14. The number of nitrogens with zero attached hydrogens (tertiary/aromatic N) is 3. The summed E-state index contributed by atoms with van der Waals surface area (Å²) in [7, 11) is 1.84. The third-order valence-electron chi connectivity index (χ3n) is 5.79. The molecule has 4 rings (SSSR count). The Labute approximate surface area is 184 Å². The summed E-state index contributed by atoms with van der Waals surface area (Å²) in [5, 5.41) is 3.05. The molecule has 5 heteroatoms. The van der Waals surface area contributed by atoms with Gasteiger partial charge in [-0.1, -0.05) is 54.6 Å². The molecule has 1 aromatic heterocycles. The fourth-order valence-corrected chi connectivity index (χ4v) is 4.06. The number of hydrogen-bond acceptors (Lipinski definition) is 3. The number of hydrogen-bond donors (Lipinski definition) is 1. The number of urea groups is 1. The zero-order valence-corrected chi connectivity index (χ0v) is 18.1. The number of rotatable bonds is 6. The van der Waals surface area contributed by atoms with Crippen molar-refractivity contribution in [2.45, 2.75) is 32.4 Å². The molecule has 0 saturated carbocycles. The number of anilines is 1. The lowest BCUT2D eigenvalue weighted by Crippen LogP contribution is -2.36. The molecular weight excluding hydrogens is 384 g/mol. The van der Waals surface area contributed by atoms with E-state index in [1.165, 1.54) is 19.3 Å². The maximum Gasteiger partial charge on any atom is 0.317 e. The summed E-state index contributed by atoms with van der Waals surface area (Å²) < 4.78 is 0. The molecule has 0 aliphatic carbocycles. The van der Waals surface area contributed by atoms with E-state index in [2.05, 4.69) is 45.5 Å². The summed E-state index contributed by atoms with van der Waals surface area (Å²) in [5.74, 6) is 1.01. The van der Waals surface area contributed by atoms with Crippen LogP contribution in [0.2, 0.25) is 0 Å². The normalized spacial score (nSPS) is 13.6. The Morgan fingerprint density at radius 1 is 1.00 bits per heavy atom. The van der Waals surface area contributed by atoms with E-state index >= 15 is 0 Å². The third-order valence-corrected chi connectivity index (χ3v) is 5.79. The quantitative estimate of drug-likeness (QED) is 0.612. The van der Waals surface area contributed by atoms with Crippen LogP contribution in [0.1, 0.15) is 30.4 Å². The lowest BCUT2D eigenvalue weighted by molar-refractivity contribution is 0.206. The molecule has 0 unspecified atom stereocenters. The van der Waals surface area contributed by atoms with Gasteiger partial charge < -0.3 is 15.1 Å². The number of carbonyl (C=O) groups is 1. The molecule has 1 N–H and O–H groups in total.